The molecule has 1 unspecified atom stereocenters. The normalized spacial score (nSPS) is 21.5. The Labute approximate surface area is 170 Å². The van der Waals surface area contributed by atoms with Gasteiger partial charge in [-0.25, -0.2) is 9.37 Å². The average molecular weight is 402 g/mol. The first-order valence-electron chi connectivity index (χ1n) is 10.1. The van der Waals surface area contributed by atoms with Crippen molar-refractivity contribution >= 4 is 5.91 Å². The summed E-state index contributed by atoms with van der Waals surface area (Å²) in [6, 6.07) is 6.16. The van der Waals surface area contributed by atoms with Crippen LogP contribution in [0.25, 0.3) is 0 Å². The number of likely N-dealkylation sites (tertiary alicyclic amines) is 1. The van der Waals surface area contributed by atoms with Gasteiger partial charge in [0.05, 0.1) is 13.1 Å². The molecule has 2 saturated heterocycles. The maximum atomic E-state index is 13.0. The van der Waals surface area contributed by atoms with E-state index in [1.165, 1.54) is 12.1 Å². The van der Waals surface area contributed by atoms with Crippen molar-refractivity contribution in [2.24, 2.45) is 7.05 Å². The molecule has 1 aromatic carbocycles. The zero-order valence-electron chi connectivity index (χ0n) is 16.7. The topological polar surface area (TPSA) is 59.8 Å². The van der Waals surface area contributed by atoms with E-state index < -0.39 is 0 Å². The van der Waals surface area contributed by atoms with E-state index in [9.17, 15) is 9.18 Å². The summed E-state index contributed by atoms with van der Waals surface area (Å²) in [5.41, 5.74) is 0. The van der Waals surface area contributed by atoms with Crippen molar-refractivity contribution in [1.82, 2.24) is 19.4 Å². The molecule has 1 aromatic heterocycles. The van der Waals surface area contributed by atoms with Crippen molar-refractivity contribution in [1.29, 1.82) is 0 Å². The summed E-state index contributed by atoms with van der Waals surface area (Å²) in [5, 5.41) is 0. The molecule has 0 N–H and O–H groups in total. The second-order valence-corrected chi connectivity index (χ2v) is 7.71. The molecule has 4 rings (SSSR count). The number of piperidine rings is 1. The van der Waals surface area contributed by atoms with Crippen molar-refractivity contribution in [2.75, 3.05) is 32.8 Å². The molecular formula is C21H27FN4O3. The van der Waals surface area contributed by atoms with E-state index in [0.717, 1.165) is 38.3 Å². The van der Waals surface area contributed by atoms with Crippen molar-refractivity contribution in [3.05, 3.63) is 48.3 Å². The van der Waals surface area contributed by atoms with E-state index in [4.69, 9.17) is 9.47 Å². The minimum absolute atomic E-state index is 0.0468. The fourth-order valence-electron chi connectivity index (χ4n) is 3.96. The van der Waals surface area contributed by atoms with Crippen molar-refractivity contribution < 1.29 is 18.7 Å². The Balaban J connectivity index is 1.27. The van der Waals surface area contributed by atoms with E-state index in [1.54, 1.807) is 12.1 Å². The van der Waals surface area contributed by atoms with Gasteiger partial charge in [-0.3, -0.25) is 9.69 Å². The number of aromatic nitrogens is 2. The third-order valence-electron chi connectivity index (χ3n) is 5.70. The summed E-state index contributed by atoms with van der Waals surface area (Å²) >= 11 is 0. The minimum atomic E-state index is -0.294. The lowest BCUT2D eigenvalue weighted by Crippen LogP contribution is -2.55. The Bertz CT molecular complexity index is 818. The number of carbonyl (C=O) groups is 1. The van der Waals surface area contributed by atoms with E-state index >= 15 is 0 Å². The molecule has 2 aliphatic heterocycles. The Morgan fingerprint density at radius 2 is 2.00 bits per heavy atom. The predicted octanol–water partition coefficient (Wildman–Crippen LogP) is 1.83. The fourth-order valence-corrected chi connectivity index (χ4v) is 3.96. The van der Waals surface area contributed by atoms with Crippen LogP contribution in [0.2, 0.25) is 0 Å². The highest BCUT2D eigenvalue weighted by Gasteiger charge is 2.34. The van der Waals surface area contributed by atoms with Crippen LogP contribution in [-0.4, -0.2) is 70.3 Å². The van der Waals surface area contributed by atoms with Crippen LogP contribution >= 0.6 is 0 Å². The standard InChI is InChI=1S/C21H27FN4O3/c1-24-11-8-23-20(24)13-25-9-6-17(7-10-25)26-12-19(29-15-21(26)27)14-28-18-4-2-16(22)3-5-18/h2-5,8,11,17,19H,6-7,9-10,12-15H2,1H3. The van der Waals surface area contributed by atoms with Crippen LogP contribution in [0, 0.1) is 5.82 Å². The molecule has 0 saturated carbocycles. The molecule has 3 heterocycles. The number of benzene rings is 1. The second kappa shape index (κ2) is 8.92. The fraction of sp³-hybridized carbons (Fsp3) is 0.524. The maximum Gasteiger partial charge on any atom is 0.248 e. The highest BCUT2D eigenvalue weighted by atomic mass is 19.1. The molecule has 0 aliphatic carbocycles. The summed E-state index contributed by atoms with van der Waals surface area (Å²) in [4.78, 5) is 21.2. The zero-order valence-corrected chi connectivity index (χ0v) is 16.7. The number of rotatable bonds is 6. The Morgan fingerprint density at radius 1 is 1.24 bits per heavy atom. The maximum absolute atomic E-state index is 13.0. The van der Waals surface area contributed by atoms with Gasteiger partial charge in [-0.2, -0.15) is 0 Å². The van der Waals surface area contributed by atoms with E-state index in [0.29, 0.717) is 18.9 Å². The molecule has 0 spiro atoms. The molecule has 8 heteroatoms. The van der Waals surface area contributed by atoms with Crippen molar-refractivity contribution in [3.63, 3.8) is 0 Å². The van der Waals surface area contributed by atoms with Gasteiger partial charge < -0.3 is 18.9 Å². The third kappa shape index (κ3) is 4.94. The van der Waals surface area contributed by atoms with E-state index in [-0.39, 0.29) is 30.5 Å². The molecular weight excluding hydrogens is 375 g/mol. The molecule has 29 heavy (non-hydrogen) atoms. The average Bonchev–Trinajstić information content (AvgIpc) is 3.14. The summed E-state index contributed by atoms with van der Waals surface area (Å²) in [5.74, 6) is 1.41. The summed E-state index contributed by atoms with van der Waals surface area (Å²) < 4.78 is 26.4. The van der Waals surface area contributed by atoms with Crippen LogP contribution in [0.1, 0.15) is 18.7 Å². The lowest BCUT2D eigenvalue weighted by molar-refractivity contribution is -0.155. The number of hydrogen-bond acceptors (Lipinski definition) is 5. The number of hydrogen-bond donors (Lipinski definition) is 0. The summed E-state index contributed by atoms with van der Waals surface area (Å²) in [7, 11) is 2.01. The van der Waals surface area contributed by atoms with Gasteiger partial charge in [-0.05, 0) is 37.1 Å². The highest BCUT2D eigenvalue weighted by Crippen LogP contribution is 2.22. The second-order valence-electron chi connectivity index (χ2n) is 7.71. The van der Waals surface area contributed by atoms with Crippen molar-refractivity contribution in [2.45, 2.75) is 31.5 Å². The van der Waals surface area contributed by atoms with Gasteiger partial charge in [0.1, 0.15) is 36.7 Å². The molecule has 1 amide bonds. The van der Waals surface area contributed by atoms with Gasteiger partial charge in [-0.1, -0.05) is 0 Å². The van der Waals surface area contributed by atoms with E-state index in [2.05, 4.69) is 9.88 Å². The highest BCUT2D eigenvalue weighted by molar-refractivity contribution is 5.78. The molecule has 1 atom stereocenters. The Morgan fingerprint density at radius 3 is 2.69 bits per heavy atom. The summed E-state index contributed by atoms with van der Waals surface area (Å²) in [6.45, 7) is 3.68. The largest absolute Gasteiger partial charge is 0.491 e. The van der Waals surface area contributed by atoms with Gasteiger partial charge in [-0.15, -0.1) is 0 Å². The van der Waals surface area contributed by atoms with Gasteiger partial charge in [0.25, 0.3) is 0 Å². The SMILES string of the molecule is Cn1ccnc1CN1CCC(N2CC(COc3ccc(F)cc3)OCC2=O)CC1. The number of imidazole rings is 1. The smallest absolute Gasteiger partial charge is 0.248 e. The number of halogens is 1. The molecule has 0 radical (unpaired) electrons. The van der Waals surface area contributed by atoms with Gasteiger partial charge in [0, 0.05) is 38.6 Å². The van der Waals surface area contributed by atoms with Crippen LogP contribution in [0.15, 0.2) is 36.7 Å². The Hall–Kier alpha value is -2.45. The van der Waals surface area contributed by atoms with Crippen LogP contribution in [0.3, 0.4) is 0 Å². The predicted molar refractivity (Wildman–Crippen MR) is 105 cm³/mol. The first kappa shape index (κ1) is 19.8. The molecule has 2 aromatic rings. The third-order valence-corrected chi connectivity index (χ3v) is 5.70. The van der Waals surface area contributed by atoms with Crippen LogP contribution in [0.5, 0.6) is 5.75 Å². The van der Waals surface area contributed by atoms with Crippen LogP contribution < -0.4 is 4.74 Å². The lowest BCUT2D eigenvalue weighted by Gasteiger charge is -2.42. The van der Waals surface area contributed by atoms with Gasteiger partial charge in [0.2, 0.25) is 5.91 Å². The lowest BCUT2D eigenvalue weighted by atomic mass is 10.0. The minimum Gasteiger partial charge on any atom is -0.491 e. The van der Waals surface area contributed by atoms with Crippen molar-refractivity contribution in [3.8, 4) is 5.75 Å². The summed E-state index contributed by atoms with van der Waals surface area (Å²) in [6.07, 6.45) is 5.50. The first-order chi connectivity index (χ1) is 14.1. The number of carbonyl (C=O) groups excluding carboxylic acids is 1. The number of morpholine rings is 1. The molecule has 7 nitrogen and oxygen atoms in total. The number of nitrogens with zero attached hydrogens (tertiary/aromatic N) is 4. The zero-order chi connectivity index (χ0) is 20.2. The van der Waals surface area contributed by atoms with Crippen LogP contribution in [-0.2, 0) is 23.1 Å². The van der Waals surface area contributed by atoms with E-state index in [1.807, 2.05) is 28.9 Å². The molecule has 156 valence electrons. The number of amides is 1. The number of ether oxygens (including phenoxy) is 2. The first-order valence-corrected chi connectivity index (χ1v) is 10.1. The molecule has 2 aliphatic rings. The number of aryl methyl sites for hydroxylation is 1. The van der Waals surface area contributed by atoms with Gasteiger partial charge in [0.15, 0.2) is 0 Å². The van der Waals surface area contributed by atoms with Gasteiger partial charge >= 0.3 is 0 Å². The quantitative estimate of drug-likeness (QED) is 0.738. The Kier molecular flexibility index (Phi) is 6.10. The molecule has 0 bridgehead atoms. The van der Waals surface area contributed by atoms with Crippen LogP contribution in [0.4, 0.5) is 4.39 Å². The monoisotopic (exact) mass is 402 g/mol. The molecule has 2 fully saturated rings.